The number of amides is 1. The molecule has 1 fully saturated rings. The van der Waals surface area contributed by atoms with E-state index in [1.807, 2.05) is 54.6 Å². The van der Waals surface area contributed by atoms with Crippen LogP contribution in [0.25, 0.3) is 21.0 Å². The molecule has 1 aliphatic rings. The monoisotopic (exact) mass is 527 g/mol. The summed E-state index contributed by atoms with van der Waals surface area (Å²) in [5.74, 6) is 1.23. The van der Waals surface area contributed by atoms with Crippen LogP contribution in [-0.4, -0.2) is 69.4 Å². The number of thiazole rings is 1. The maximum atomic E-state index is 14.0. The Morgan fingerprint density at radius 2 is 1.81 bits per heavy atom. The highest BCUT2D eigenvalue weighted by atomic mass is 35.5. The van der Waals surface area contributed by atoms with Gasteiger partial charge in [0.25, 0.3) is 5.91 Å². The predicted octanol–water partition coefficient (Wildman–Crippen LogP) is 5.26. The van der Waals surface area contributed by atoms with Crippen molar-refractivity contribution in [2.45, 2.75) is 6.42 Å². The number of benzene rings is 3. The molecular formula is C27H30ClN3O4S. The molecule has 1 aliphatic heterocycles. The summed E-state index contributed by atoms with van der Waals surface area (Å²) in [6.07, 6.45) is 0.834. The topological polar surface area (TPSA) is 64.1 Å². The minimum atomic E-state index is -0.111. The Bertz CT molecular complexity index is 1340. The Balaban J connectivity index is 0.00000304. The lowest BCUT2D eigenvalue weighted by atomic mass is 10.0. The molecule has 0 atom stereocenters. The number of rotatable bonds is 8. The van der Waals surface area contributed by atoms with E-state index < -0.39 is 0 Å². The van der Waals surface area contributed by atoms with Gasteiger partial charge in [0.05, 0.1) is 43.2 Å². The standard InChI is InChI=1S/C27H29N3O4S.ClH/c1-32-21-8-9-23-25(18-21)35-27(28-23)30(11-5-10-29-12-14-34-15-13-29)26(31)22-16-19-6-3-4-7-20(19)17-24(22)33-2;/h3-4,6-9,16-18H,5,10-15H2,1-2H3;1H. The normalized spacial score (nSPS) is 13.9. The molecule has 3 aromatic carbocycles. The van der Waals surface area contributed by atoms with Crippen molar-refractivity contribution in [2.75, 3.05) is 58.5 Å². The van der Waals surface area contributed by atoms with Crippen LogP contribution in [0.1, 0.15) is 16.8 Å². The number of aromatic nitrogens is 1. The number of halogens is 1. The third-order valence-electron chi connectivity index (χ3n) is 6.32. The van der Waals surface area contributed by atoms with Gasteiger partial charge in [0, 0.05) is 26.2 Å². The second kappa shape index (κ2) is 11.9. The van der Waals surface area contributed by atoms with E-state index >= 15 is 0 Å². The van der Waals surface area contributed by atoms with Crippen molar-refractivity contribution < 1.29 is 19.0 Å². The summed E-state index contributed by atoms with van der Waals surface area (Å²) in [6, 6.07) is 17.6. The summed E-state index contributed by atoms with van der Waals surface area (Å²) >= 11 is 1.50. The van der Waals surface area contributed by atoms with Gasteiger partial charge in [0.2, 0.25) is 0 Å². The lowest BCUT2D eigenvalue weighted by Crippen LogP contribution is -2.39. The molecule has 2 heterocycles. The fraction of sp³-hybridized carbons (Fsp3) is 0.333. The first-order valence-electron chi connectivity index (χ1n) is 11.8. The second-order valence-electron chi connectivity index (χ2n) is 8.49. The molecule has 36 heavy (non-hydrogen) atoms. The van der Waals surface area contributed by atoms with Gasteiger partial charge < -0.3 is 14.2 Å². The number of hydrogen-bond acceptors (Lipinski definition) is 7. The number of morpholine rings is 1. The molecule has 0 unspecified atom stereocenters. The zero-order chi connectivity index (χ0) is 24.2. The molecule has 9 heteroatoms. The number of methoxy groups -OCH3 is 2. The maximum absolute atomic E-state index is 14.0. The van der Waals surface area contributed by atoms with Crippen LogP contribution >= 0.6 is 23.7 Å². The molecule has 1 aromatic heterocycles. The molecule has 190 valence electrons. The van der Waals surface area contributed by atoms with Gasteiger partial charge in [-0.05, 0) is 47.5 Å². The van der Waals surface area contributed by atoms with Gasteiger partial charge in [-0.25, -0.2) is 4.98 Å². The van der Waals surface area contributed by atoms with E-state index in [9.17, 15) is 4.79 Å². The van der Waals surface area contributed by atoms with Crippen molar-refractivity contribution in [3.05, 3.63) is 60.2 Å². The fourth-order valence-corrected chi connectivity index (χ4v) is 5.42. The summed E-state index contributed by atoms with van der Waals surface area (Å²) in [4.78, 5) is 23.0. The van der Waals surface area contributed by atoms with Gasteiger partial charge in [-0.2, -0.15) is 0 Å². The van der Waals surface area contributed by atoms with Crippen molar-refractivity contribution in [1.82, 2.24) is 9.88 Å². The van der Waals surface area contributed by atoms with Crippen LogP contribution in [-0.2, 0) is 4.74 Å². The van der Waals surface area contributed by atoms with Gasteiger partial charge in [-0.15, -0.1) is 12.4 Å². The van der Waals surface area contributed by atoms with E-state index in [-0.39, 0.29) is 18.3 Å². The third kappa shape index (κ3) is 5.57. The first-order chi connectivity index (χ1) is 17.2. The average molecular weight is 528 g/mol. The van der Waals surface area contributed by atoms with Crippen LogP contribution in [0.15, 0.2) is 54.6 Å². The molecular weight excluding hydrogens is 498 g/mol. The minimum absolute atomic E-state index is 0. The van der Waals surface area contributed by atoms with Crippen LogP contribution in [0.2, 0.25) is 0 Å². The first-order valence-corrected chi connectivity index (χ1v) is 12.6. The number of fused-ring (bicyclic) bond motifs is 2. The number of carbonyl (C=O) groups is 1. The number of anilines is 1. The van der Waals surface area contributed by atoms with E-state index in [1.165, 1.54) is 11.3 Å². The lowest BCUT2D eigenvalue weighted by molar-refractivity contribution is 0.0376. The molecule has 7 nitrogen and oxygen atoms in total. The SMILES string of the molecule is COc1ccc2nc(N(CCCN3CCOCC3)C(=O)c3cc4ccccc4cc3OC)sc2c1.Cl. The van der Waals surface area contributed by atoms with E-state index in [2.05, 4.69) is 4.90 Å². The summed E-state index contributed by atoms with van der Waals surface area (Å²) in [7, 11) is 3.25. The quantitative estimate of drug-likeness (QED) is 0.311. The molecule has 0 aliphatic carbocycles. The molecule has 4 aromatic rings. The second-order valence-corrected chi connectivity index (χ2v) is 9.50. The van der Waals surface area contributed by atoms with Crippen LogP contribution in [0.4, 0.5) is 5.13 Å². The Kier molecular flexibility index (Phi) is 8.64. The Labute approximate surface area is 221 Å². The summed E-state index contributed by atoms with van der Waals surface area (Å²) in [5.41, 5.74) is 1.39. The van der Waals surface area contributed by atoms with Gasteiger partial charge in [-0.1, -0.05) is 35.6 Å². The van der Waals surface area contributed by atoms with E-state index in [0.717, 1.165) is 66.0 Å². The molecule has 0 N–H and O–H groups in total. The highest BCUT2D eigenvalue weighted by Gasteiger charge is 2.25. The zero-order valence-electron chi connectivity index (χ0n) is 20.4. The van der Waals surface area contributed by atoms with Crippen molar-refractivity contribution in [1.29, 1.82) is 0 Å². The Morgan fingerprint density at radius 1 is 1.06 bits per heavy atom. The van der Waals surface area contributed by atoms with Crippen molar-refractivity contribution in [3.63, 3.8) is 0 Å². The number of nitrogens with zero attached hydrogens (tertiary/aromatic N) is 3. The first kappa shape index (κ1) is 26.2. The van der Waals surface area contributed by atoms with Crippen LogP contribution in [0.5, 0.6) is 11.5 Å². The van der Waals surface area contributed by atoms with Crippen molar-refractivity contribution >= 4 is 55.8 Å². The maximum Gasteiger partial charge on any atom is 0.263 e. The summed E-state index contributed by atoms with van der Waals surface area (Å²) < 4.78 is 17.5. The van der Waals surface area contributed by atoms with Gasteiger partial charge in [0.1, 0.15) is 11.5 Å². The van der Waals surface area contributed by atoms with E-state index in [4.69, 9.17) is 19.2 Å². The van der Waals surface area contributed by atoms with Crippen LogP contribution < -0.4 is 14.4 Å². The smallest absolute Gasteiger partial charge is 0.263 e. The fourth-order valence-electron chi connectivity index (χ4n) is 4.40. The van der Waals surface area contributed by atoms with Crippen LogP contribution in [0, 0.1) is 0 Å². The average Bonchev–Trinajstić information content (AvgIpc) is 3.33. The highest BCUT2D eigenvalue weighted by molar-refractivity contribution is 7.22. The number of hydrogen-bond donors (Lipinski definition) is 0. The number of carbonyl (C=O) groups excluding carboxylic acids is 1. The predicted molar refractivity (Wildman–Crippen MR) is 147 cm³/mol. The minimum Gasteiger partial charge on any atom is -0.497 e. The van der Waals surface area contributed by atoms with Gasteiger partial charge in [0.15, 0.2) is 5.13 Å². The van der Waals surface area contributed by atoms with Crippen LogP contribution in [0.3, 0.4) is 0 Å². The molecule has 0 spiro atoms. The van der Waals surface area contributed by atoms with Gasteiger partial charge >= 0.3 is 0 Å². The van der Waals surface area contributed by atoms with E-state index in [1.54, 1.807) is 19.1 Å². The molecule has 0 saturated carbocycles. The molecule has 1 saturated heterocycles. The lowest BCUT2D eigenvalue weighted by Gasteiger charge is -2.28. The Morgan fingerprint density at radius 3 is 2.53 bits per heavy atom. The summed E-state index contributed by atoms with van der Waals surface area (Å²) in [6.45, 7) is 4.83. The molecule has 1 amide bonds. The molecule has 0 radical (unpaired) electrons. The Hall–Kier alpha value is -2.91. The van der Waals surface area contributed by atoms with Crippen molar-refractivity contribution in [3.8, 4) is 11.5 Å². The highest BCUT2D eigenvalue weighted by Crippen LogP contribution is 2.34. The van der Waals surface area contributed by atoms with Crippen molar-refractivity contribution in [2.24, 2.45) is 0 Å². The number of ether oxygens (including phenoxy) is 3. The van der Waals surface area contributed by atoms with Gasteiger partial charge in [-0.3, -0.25) is 14.6 Å². The van der Waals surface area contributed by atoms with E-state index in [0.29, 0.717) is 23.0 Å². The largest absolute Gasteiger partial charge is 0.497 e. The molecule has 5 rings (SSSR count). The molecule has 0 bridgehead atoms. The third-order valence-corrected chi connectivity index (χ3v) is 7.36. The zero-order valence-corrected chi connectivity index (χ0v) is 22.1. The summed E-state index contributed by atoms with van der Waals surface area (Å²) in [5, 5.41) is 2.71.